The van der Waals surface area contributed by atoms with Crippen LogP contribution in [0.15, 0.2) is 58.8 Å². The number of nitrogens with one attached hydrogen (secondary N) is 3. The van der Waals surface area contributed by atoms with Crippen LogP contribution in [-0.4, -0.2) is 38.0 Å². The third-order valence-electron chi connectivity index (χ3n) is 3.43. The van der Waals surface area contributed by atoms with Gasteiger partial charge in [-0.1, -0.05) is 47.6 Å². The fourth-order valence-electron chi connectivity index (χ4n) is 2.13. The largest absolute Gasteiger partial charge is 0.320 e. The van der Waals surface area contributed by atoms with Gasteiger partial charge in [0, 0.05) is 11.1 Å². The molecule has 3 N–H and O–H groups in total. The third kappa shape index (κ3) is 6.02. The number of nitro benzene ring substituents is 1. The first kappa shape index (κ1) is 20.3. The highest BCUT2D eigenvalue weighted by Gasteiger charge is 2.15. The molecule has 3 aromatic rings. The van der Waals surface area contributed by atoms with Crippen LogP contribution in [0.4, 0.5) is 17.3 Å². The van der Waals surface area contributed by atoms with Gasteiger partial charge in [0.05, 0.1) is 16.9 Å². The topological polar surface area (TPSA) is 138 Å². The van der Waals surface area contributed by atoms with Crippen molar-refractivity contribution in [2.75, 3.05) is 16.5 Å². The van der Waals surface area contributed by atoms with Crippen molar-refractivity contribution in [2.45, 2.75) is 5.16 Å². The van der Waals surface area contributed by atoms with Gasteiger partial charge in [0.1, 0.15) is 5.69 Å². The lowest BCUT2D eigenvalue weighted by Crippen LogP contribution is -2.15. The highest BCUT2D eigenvalue weighted by Crippen LogP contribution is 2.23. The van der Waals surface area contributed by atoms with E-state index in [9.17, 15) is 14.9 Å². The number of rotatable bonds is 8. The van der Waals surface area contributed by atoms with Gasteiger partial charge in [-0.3, -0.25) is 14.9 Å². The number of aromatic nitrogens is 3. The minimum absolute atomic E-state index is 0.0165. The van der Waals surface area contributed by atoms with Crippen molar-refractivity contribution in [2.24, 2.45) is 5.10 Å². The van der Waals surface area contributed by atoms with Crippen molar-refractivity contribution in [3.63, 3.8) is 0 Å². The van der Waals surface area contributed by atoms with Crippen LogP contribution in [0.5, 0.6) is 0 Å². The number of carbonyl (C=O) groups is 1. The number of aromatic amines is 1. The van der Waals surface area contributed by atoms with E-state index in [1.54, 1.807) is 24.4 Å². The molecule has 1 heterocycles. The molecule has 0 atom stereocenters. The zero-order valence-electron chi connectivity index (χ0n) is 14.7. The van der Waals surface area contributed by atoms with Crippen LogP contribution in [0.25, 0.3) is 0 Å². The van der Waals surface area contributed by atoms with Gasteiger partial charge in [-0.2, -0.15) is 10.1 Å². The monoisotopic (exact) mass is 431 g/mol. The maximum atomic E-state index is 12.1. The summed E-state index contributed by atoms with van der Waals surface area (Å²) in [5.74, 6) is -0.126. The molecule has 29 heavy (non-hydrogen) atoms. The van der Waals surface area contributed by atoms with Crippen LogP contribution < -0.4 is 10.7 Å². The van der Waals surface area contributed by atoms with E-state index >= 15 is 0 Å². The molecule has 3 rings (SSSR count). The van der Waals surface area contributed by atoms with E-state index in [1.807, 2.05) is 12.1 Å². The van der Waals surface area contributed by atoms with Gasteiger partial charge < -0.3 is 5.32 Å². The predicted molar refractivity (Wildman–Crippen MR) is 112 cm³/mol. The number of amides is 1. The number of hydrogen-bond acceptors (Lipinski definition) is 8. The Morgan fingerprint density at radius 1 is 1.28 bits per heavy atom. The first-order valence-electron chi connectivity index (χ1n) is 8.14. The van der Waals surface area contributed by atoms with Crippen molar-refractivity contribution in [1.82, 2.24) is 15.2 Å². The van der Waals surface area contributed by atoms with Gasteiger partial charge in [-0.05, 0) is 23.8 Å². The Labute approximate surface area is 173 Å². The van der Waals surface area contributed by atoms with E-state index in [0.717, 1.165) is 17.3 Å². The Balaban J connectivity index is 1.49. The summed E-state index contributed by atoms with van der Waals surface area (Å²) in [7, 11) is 0. The second kappa shape index (κ2) is 9.66. The molecule has 0 saturated heterocycles. The zero-order chi connectivity index (χ0) is 20.6. The molecule has 0 spiro atoms. The highest BCUT2D eigenvalue weighted by atomic mass is 35.5. The summed E-state index contributed by atoms with van der Waals surface area (Å²) < 4.78 is 0. The Hall–Kier alpha value is -3.44. The molecule has 0 bridgehead atoms. The van der Waals surface area contributed by atoms with Crippen LogP contribution >= 0.6 is 23.4 Å². The predicted octanol–water partition coefficient (Wildman–Crippen LogP) is 3.54. The smallest absolute Gasteiger partial charge is 0.292 e. The van der Waals surface area contributed by atoms with Crippen LogP contribution in [0, 0.1) is 10.1 Å². The minimum Gasteiger partial charge on any atom is -0.320 e. The molecule has 0 aliphatic heterocycles. The van der Waals surface area contributed by atoms with Gasteiger partial charge in [-0.25, -0.2) is 10.5 Å². The first-order valence-corrected chi connectivity index (χ1v) is 9.51. The van der Waals surface area contributed by atoms with E-state index in [4.69, 9.17) is 11.6 Å². The van der Waals surface area contributed by atoms with Crippen molar-refractivity contribution in [3.8, 4) is 0 Å². The first-order chi connectivity index (χ1) is 14.0. The van der Waals surface area contributed by atoms with Gasteiger partial charge in [0.15, 0.2) is 0 Å². The molecular formula is C17H14ClN7O3S. The number of nitro groups is 1. The number of thioether (sulfide) groups is 1. The summed E-state index contributed by atoms with van der Waals surface area (Å²) >= 11 is 6.89. The number of carbonyl (C=O) groups excluding carboxylic acids is 1. The van der Waals surface area contributed by atoms with Gasteiger partial charge in [0.25, 0.3) is 5.69 Å². The molecule has 0 unspecified atom stereocenters. The molecule has 0 saturated carbocycles. The summed E-state index contributed by atoms with van der Waals surface area (Å²) in [4.78, 5) is 26.6. The highest BCUT2D eigenvalue weighted by molar-refractivity contribution is 7.99. The normalized spacial score (nSPS) is 10.8. The lowest BCUT2D eigenvalue weighted by Gasteiger charge is -2.04. The maximum absolute atomic E-state index is 12.1. The number of hydrogen-bond donors (Lipinski definition) is 3. The molecule has 0 fully saturated rings. The fraction of sp³-hybridized carbons (Fsp3) is 0.0588. The average Bonchev–Trinajstić information content (AvgIpc) is 3.16. The number of hydrazone groups is 1. The standard InChI is InChI=1S/C17H14ClN7O3S/c18-12-7-5-11(6-8-12)9-19-22-16-21-17(24-23-16)29-10-15(26)20-13-3-1-2-4-14(13)25(27)28/h1-9H,10H2,(H,20,26)(H2,21,22,23,24)/b19-9+. The van der Waals surface area contributed by atoms with Crippen LogP contribution in [-0.2, 0) is 4.79 Å². The second-order valence-corrected chi connectivity index (χ2v) is 6.88. The van der Waals surface area contributed by atoms with E-state index in [0.29, 0.717) is 16.1 Å². The molecular weight excluding hydrogens is 418 g/mol. The second-order valence-electron chi connectivity index (χ2n) is 5.50. The van der Waals surface area contributed by atoms with E-state index < -0.39 is 10.8 Å². The molecule has 0 aliphatic carbocycles. The lowest BCUT2D eigenvalue weighted by molar-refractivity contribution is -0.383. The van der Waals surface area contributed by atoms with Crippen molar-refractivity contribution < 1.29 is 9.72 Å². The minimum atomic E-state index is -0.555. The Morgan fingerprint density at radius 3 is 2.79 bits per heavy atom. The number of H-pyrrole nitrogens is 1. The van der Waals surface area contributed by atoms with Crippen LogP contribution in [0.1, 0.15) is 5.56 Å². The number of anilines is 2. The summed E-state index contributed by atoms with van der Waals surface area (Å²) in [6.07, 6.45) is 1.59. The van der Waals surface area contributed by atoms with Crippen molar-refractivity contribution in [1.29, 1.82) is 0 Å². The molecule has 12 heteroatoms. The summed E-state index contributed by atoms with van der Waals surface area (Å²) in [6, 6.07) is 13.0. The number of nitrogens with zero attached hydrogens (tertiary/aromatic N) is 4. The number of para-hydroxylation sites is 2. The molecule has 10 nitrogen and oxygen atoms in total. The fourth-order valence-corrected chi connectivity index (χ4v) is 2.86. The molecule has 1 amide bonds. The quantitative estimate of drug-likeness (QED) is 0.214. The van der Waals surface area contributed by atoms with E-state index in [2.05, 4.69) is 31.0 Å². The summed E-state index contributed by atoms with van der Waals surface area (Å²) in [5, 5.41) is 25.1. The third-order valence-corrected chi connectivity index (χ3v) is 4.53. The van der Waals surface area contributed by atoms with Gasteiger partial charge >= 0.3 is 0 Å². The SMILES string of the molecule is O=C(CSc1n[nH]c(N/N=C/c2ccc(Cl)cc2)n1)Nc1ccccc1[N+](=O)[O-]. The van der Waals surface area contributed by atoms with E-state index in [1.165, 1.54) is 18.2 Å². The lowest BCUT2D eigenvalue weighted by atomic mass is 10.2. The molecule has 0 radical (unpaired) electrons. The molecule has 0 aliphatic rings. The van der Waals surface area contributed by atoms with E-state index in [-0.39, 0.29) is 17.1 Å². The van der Waals surface area contributed by atoms with Gasteiger partial charge in [0.2, 0.25) is 17.0 Å². The van der Waals surface area contributed by atoms with Crippen molar-refractivity contribution >= 4 is 52.8 Å². The molecule has 2 aromatic carbocycles. The summed E-state index contributed by atoms with van der Waals surface area (Å²) in [5.41, 5.74) is 3.51. The van der Waals surface area contributed by atoms with Crippen LogP contribution in [0.2, 0.25) is 5.02 Å². The Morgan fingerprint density at radius 2 is 2.03 bits per heavy atom. The van der Waals surface area contributed by atoms with Crippen molar-refractivity contribution in [3.05, 3.63) is 69.2 Å². The number of halogens is 1. The Kier molecular flexibility index (Phi) is 6.76. The Bertz CT molecular complexity index is 1040. The molecule has 148 valence electrons. The maximum Gasteiger partial charge on any atom is 0.292 e. The zero-order valence-corrected chi connectivity index (χ0v) is 16.3. The average molecular weight is 432 g/mol. The number of benzene rings is 2. The van der Waals surface area contributed by atoms with Crippen LogP contribution in [0.3, 0.4) is 0 Å². The van der Waals surface area contributed by atoms with Gasteiger partial charge in [-0.15, -0.1) is 5.10 Å². The molecule has 1 aromatic heterocycles. The summed E-state index contributed by atoms with van der Waals surface area (Å²) in [6.45, 7) is 0.